The van der Waals surface area contributed by atoms with Crippen LogP contribution in [0.3, 0.4) is 0 Å². The van der Waals surface area contributed by atoms with Gasteiger partial charge < -0.3 is 14.8 Å². The molecule has 1 heterocycles. The van der Waals surface area contributed by atoms with Crippen LogP contribution < -0.4 is 5.32 Å². The van der Waals surface area contributed by atoms with E-state index in [-0.39, 0.29) is 0 Å². The minimum absolute atomic E-state index is 0.681. The van der Waals surface area contributed by atoms with Gasteiger partial charge in [-0.05, 0) is 42.7 Å². The van der Waals surface area contributed by atoms with Crippen LogP contribution in [-0.2, 0) is 22.6 Å². The Hall–Kier alpha value is -0.900. The summed E-state index contributed by atoms with van der Waals surface area (Å²) in [4.78, 5) is 0. The molecule has 1 aromatic carbocycles. The average molecular weight is 275 g/mol. The molecule has 0 unspecified atom stereocenters. The van der Waals surface area contributed by atoms with Crippen LogP contribution in [0.25, 0.3) is 0 Å². The molecule has 1 saturated heterocycles. The third-order valence-corrected chi connectivity index (χ3v) is 4.23. The number of ether oxygens (including phenoxy) is 2. The molecule has 0 bridgehead atoms. The Bertz CT molecular complexity index is 411. The summed E-state index contributed by atoms with van der Waals surface area (Å²) in [5, 5.41) is 3.58. The van der Waals surface area contributed by atoms with E-state index in [1.54, 1.807) is 0 Å². The molecule has 0 aromatic heterocycles. The van der Waals surface area contributed by atoms with Gasteiger partial charge in [-0.2, -0.15) is 0 Å². The zero-order valence-corrected chi connectivity index (χ0v) is 12.1. The molecule has 1 aliphatic carbocycles. The van der Waals surface area contributed by atoms with Crippen LogP contribution in [0.4, 0.5) is 0 Å². The Labute approximate surface area is 121 Å². The second kappa shape index (κ2) is 7.21. The molecule has 0 atom stereocenters. The van der Waals surface area contributed by atoms with E-state index in [0.29, 0.717) is 5.92 Å². The topological polar surface area (TPSA) is 30.5 Å². The van der Waals surface area contributed by atoms with Crippen molar-refractivity contribution >= 4 is 0 Å². The minimum Gasteiger partial charge on any atom is -0.381 e. The number of rotatable bonds is 7. The summed E-state index contributed by atoms with van der Waals surface area (Å²) in [6.45, 7) is 4.38. The number of hydrogen-bond acceptors (Lipinski definition) is 3. The predicted octanol–water partition coefficient (Wildman–Crippen LogP) is 2.88. The molecule has 20 heavy (non-hydrogen) atoms. The van der Waals surface area contributed by atoms with Crippen LogP contribution in [0.1, 0.15) is 36.8 Å². The van der Waals surface area contributed by atoms with Crippen molar-refractivity contribution in [3.8, 4) is 0 Å². The van der Waals surface area contributed by atoms with E-state index in [4.69, 9.17) is 9.47 Å². The van der Waals surface area contributed by atoms with Gasteiger partial charge >= 0.3 is 0 Å². The van der Waals surface area contributed by atoms with Gasteiger partial charge in [-0.1, -0.05) is 24.3 Å². The van der Waals surface area contributed by atoms with Crippen LogP contribution in [0.2, 0.25) is 0 Å². The normalized spacial score (nSPS) is 20.2. The van der Waals surface area contributed by atoms with E-state index in [0.717, 1.165) is 51.9 Å². The Morgan fingerprint density at radius 2 is 1.80 bits per heavy atom. The molecule has 110 valence electrons. The first-order chi connectivity index (χ1) is 9.92. The lowest BCUT2D eigenvalue weighted by atomic mass is 10.0. The first-order valence-electron chi connectivity index (χ1n) is 7.87. The monoisotopic (exact) mass is 275 g/mol. The maximum absolute atomic E-state index is 5.94. The van der Waals surface area contributed by atoms with Crippen molar-refractivity contribution in [3.05, 3.63) is 35.4 Å². The van der Waals surface area contributed by atoms with E-state index in [9.17, 15) is 0 Å². The van der Waals surface area contributed by atoms with Crippen molar-refractivity contribution in [1.82, 2.24) is 5.32 Å². The highest BCUT2D eigenvalue weighted by atomic mass is 16.5. The van der Waals surface area contributed by atoms with Gasteiger partial charge in [0.25, 0.3) is 0 Å². The van der Waals surface area contributed by atoms with Crippen LogP contribution in [0, 0.1) is 5.92 Å². The van der Waals surface area contributed by atoms with Gasteiger partial charge in [0.1, 0.15) is 0 Å². The van der Waals surface area contributed by atoms with Gasteiger partial charge in [0, 0.05) is 25.8 Å². The molecule has 1 saturated carbocycles. The van der Waals surface area contributed by atoms with Gasteiger partial charge in [0.2, 0.25) is 0 Å². The molecule has 1 aromatic rings. The third-order valence-electron chi connectivity index (χ3n) is 4.23. The van der Waals surface area contributed by atoms with E-state index in [2.05, 4.69) is 29.6 Å². The summed E-state index contributed by atoms with van der Waals surface area (Å²) in [6, 6.07) is 9.38. The second-order valence-electron chi connectivity index (χ2n) is 5.99. The summed E-state index contributed by atoms with van der Waals surface area (Å²) < 4.78 is 11.3. The van der Waals surface area contributed by atoms with E-state index < -0.39 is 0 Å². The molecule has 2 fully saturated rings. The van der Waals surface area contributed by atoms with Crippen LogP contribution in [0.5, 0.6) is 0 Å². The Morgan fingerprint density at radius 3 is 2.55 bits per heavy atom. The van der Waals surface area contributed by atoms with Crippen molar-refractivity contribution in [3.63, 3.8) is 0 Å². The molecular weight excluding hydrogens is 250 g/mol. The predicted molar refractivity (Wildman–Crippen MR) is 79.5 cm³/mol. The lowest BCUT2D eigenvalue weighted by molar-refractivity contribution is 0.0156. The molecule has 1 N–H and O–H groups in total. The van der Waals surface area contributed by atoms with Gasteiger partial charge in [-0.3, -0.25) is 0 Å². The van der Waals surface area contributed by atoms with Crippen molar-refractivity contribution in [2.75, 3.05) is 19.8 Å². The fourth-order valence-corrected chi connectivity index (χ4v) is 2.66. The molecule has 0 spiro atoms. The standard InChI is InChI=1S/C17H25NO2/c1-2-4-16(15(3-1)11-18-17-5-6-17)13-20-12-14-7-9-19-10-8-14/h1-4,14,17-18H,5-13H2. The Morgan fingerprint density at radius 1 is 1.05 bits per heavy atom. The van der Waals surface area contributed by atoms with E-state index in [1.807, 2.05) is 0 Å². The minimum atomic E-state index is 0.681. The highest BCUT2D eigenvalue weighted by molar-refractivity contribution is 5.26. The molecule has 0 amide bonds. The van der Waals surface area contributed by atoms with E-state index >= 15 is 0 Å². The van der Waals surface area contributed by atoms with Gasteiger partial charge in [-0.25, -0.2) is 0 Å². The summed E-state index contributed by atoms with van der Waals surface area (Å²) >= 11 is 0. The summed E-state index contributed by atoms with van der Waals surface area (Å²) in [7, 11) is 0. The molecule has 3 heteroatoms. The Balaban J connectivity index is 1.45. The average Bonchev–Trinajstić information content (AvgIpc) is 3.32. The van der Waals surface area contributed by atoms with Crippen molar-refractivity contribution in [2.45, 2.75) is 44.9 Å². The maximum Gasteiger partial charge on any atom is 0.0720 e. The highest BCUT2D eigenvalue weighted by Crippen LogP contribution is 2.20. The third kappa shape index (κ3) is 4.30. The lowest BCUT2D eigenvalue weighted by Gasteiger charge is -2.22. The number of hydrogen-bond donors (Lipinski definition) is 1. The molecular formula is C17H25NO2. The Kier molecular flexibility index (Phi) is 5.06. The fourth-order valence-electron chi connectivity index (χ4n) is 2.66. The largest absolute Gasteiger partial charge is 0.381 e. The molecule has 0 radical (unpaired) electrons. The fraction of sp³-hybridized carbons (Fsp3) is 0.647. The SMILES string of the molecule is c1ccc(COCC2CCOCC2)c(CNC2CC2)c1. The lowest BCUT2D eigenvalue weighted by Crippen LogP contribution is -2.20. The molecule has 3 rings (SSSR count). The van der Waals surface area contributed by atoms with Crippen LogP contribution >= 0.6 is 0 Å². The highest BCUT2D eigenvalue weighted by Gasteiger charge is 2.20. The zero-order chi connectivity index (χ0) is 13.6. The van der Waals surface area contributed by atoms with Gasteiger partial charge in [0.05, 0.1) is 13.2 Å². The smallest absolute Gasteiger partial charge is 0.0720 e. The second-order valence-corrected chi connectivity index (χ2v) is 5.99. The van der Waals surface area contributed by atoms with Crippen molar-refractivity contribution in [2.24, 2.45) is 5.92 Å². The first-order valence-corrected chi connectivity index (χ1v) is 7.87. The van der Waals surface area contributed by atoms with Crippen LogP contribution in [0.15, 0.2) is 24.3 Å². The zero-order valence-electron chi connectivity index (χ0n) is 12.1. The molecule has 1 aliphatic heterocycles. The van der Waals surface area contributed by atoms with Crippen LogP contribution in [-0.4, -0.2) is 25.9 Å². The summed E-state index contributed by atoms with van der Waals surface area (Å²) in [5.41, 5.74) is 2.71. The quantitative estimate of drug-likeness (QED) is 0.830. The van der Waals surface area contributed by atoms with Crippen molar-refractivity contribution in [1.29, 1.82) is 0 Å². The van der Waals surface area contributed by atoms with Crippen molar-refractivity contribution < 1.29 is 9.47 Å². The van der Waals surface area contributed by atoms with Gasteiger partial charge in [-0.15, -0.1) is 0 Å². The molecule has 2 aliphatic rings. The van der Waals surface area contributed by atoms with Gasteiger partial charge in [0.15, 0.2) is 0 Å². The first kappa shape index (κ1) is 14.1. The summed E-state index contributed by atoms with van der Waals surface area (Å²) in [5.74, 6) is 0.681. The number of nitrogens with one attached hydrogen (secondary N) is 1. The van der Waals surface area contributed by atoms with E-state index in [1.165, 1.54) is 24.0 Å². The molecule has 3 nitrogen and oxygen atoms in total. The maximum atomic E-state index is 5.94. The number of benzene rings is 1. The summed E-state index contributed by atoms with van der Waals surface area (Å²) in [6.07, 6.45) is 4.96.